The molecule has 1 heterocycles. The lowest BCUT2D eigenvalue weighted by Gasteiger charge is -2.08. The van der Waals surface area contributed by atoms with E-state index < -0.39 is 0 Å². The molecule has 0 aromatic heterocycles. The number of carbonyl (C=O) groups is 1. The van der Waals surface area contributed by atoms with E-state index in [1.807, 2.05) is 6.08 Å². The van der Waals surface area contributed by atoms with Crippen LogP contribution in [0.15, 0.2) is 36.2 Å². The predicted octanol–water partition coefficient (Wildman–Crippen LogP) is 2.07. The average molecular weight is 231 g/mol. The fourth-order valence-corrected chi connectivity index (χ4v) is 1.52. The van der Waals surface area contributed by atoms with Crippen molar-refractivity contribution in [1.29, 1.82) is 0 Å². The van der Waals surface area contributed by atoms with Gasteiger partial charge in [0.05, 0.1) is 12.2 Å². The van der Waals surface area contributed by atoms with Gasteiger partial charge in [-0.1, -0.05) is 12.2 Å². The number of allylic oxidation sites excluding steroid dienone is 2. The minimum Gasteiger partial charge on any atom is -0.462 e. The molecule has 0 saturated heterocycles. The van der Waals surface area contributed by atoms with Crippen LogP contribution in [-0.2, 0) is 4.74 Å². The highest BCUT2D eigenvalue weighted by molar-refractivity contribution is 5.90. The molecule has 2 N–H and O–H groups in total. The Morgan fingerprint density at radius 2 is 2.29 bits per heavy atom. The zero-order valence-corrected chi connectivity index (χ0v) is 9.47. The van der Waals surface area contributed by atoms with E-state index in [4.69, 9.17) is 15.2 Å². The van der Waals surface area contributed by atoms with Crippen molar-refractivity contribution in [3.05, 3.63) is 47.4 Å². The first kappa shape index (κ1) is 11.3. The molecule has 0 amide bonds. The zero-order chi connectivity index (χ0) is 12.3. The first-order valence-electron chi connectivity index (χ1n) is 5.33. The van der Waals surface area contributed by atoms with Crippen molar-refractivity contribution in [3.8, 4) is 5.75 Å². The summed E-state index contributed by atoms with van der Waals surface area (Å²) in [6.45, 7) is 2.13. The Bertz CT molecular complexity index is 503. The van der Waals surface area contributed by atoms with Crippen LogP contribution in [-0.4, -0.2) is 12.6 Å². The summed E-state index contributed by atoms with van der Waals surface area (Å²) in [7, 11) is 0. The summed E-state index contributed by atoms with van der Waals surface area (Å²) in [6, 6.07) is 5.08. The average Bonchev–Trinajstić information content (AvgIpc) is 2.49. The molecule has 0 aliphatic carbocycles. The Balaban J connectivity index is 2.33. The summed E-state index contributed by atoms with van der Waals surface area (Å²) in [6.07, 6.45) is 5.26. The summed E-state index contributed by atoms with van der Waals surface area (Å²) < 4.78 is 10.3. The van der Waals surface area contributed by atoms with E-state index in [1.165, 1.54) is 0 Å². The maximum absolute atomic E-state index is 11.6. The predicted molar refractivity (Wildman–Crippen MR) is 64.3 cm³/mol. The van der Waals surface area contributed by atoms with Crippen LogP contribution in [0.5, 0.6) is 5.75 Å². The third-order valence-electron chi connectivity index (χ3n) is 2.29. The molecule has 0 unspecified atom stereocenters. The third-order valence-corrected chi connectivity index (χ3v) is 2.29. The van der Waals surface area contributed by atoms with E-state index in [-0.39, 0.29) is 5.97 Å². The second-order valence-corrected chi connectivity index (χ2v) is 3.50. The molecule has 17 heavy (non-hydrogen) atoms. The Morgan fingerprint density at radius 1 is 1.47 bits per heavy atom. The molecule has 0 fully saturated rings. The number of nitrogens with two attached hydrogens (primary N) is 1. The summed E-state index contributed by atoms with van der Waals surface area (Å²) in [5.41, 5.74) is 6.89. The molecule has 1 aliphatic heterocycles. The second kappa shape index (κ2) is 4.74. The third kappa shape index (κ3) is 2.47. The fourth-order valence-electron chi connectivity index (χ4n) is 1.52. The summed E-state index contributed by atoms with van der Waals surface area (Å²) >= 11 is 0. The van der Waals surface area contributed by atoms with Gasteiger partial charge < -0.3 is 15.2 Å². The maximum Gasteiger partial charge on any atom is 0.338 e. The minimum absolute atomic E-state index is 0.323. The highest BCUT2D eigenvalue weighted by Gasteiger charge is 2.11. The maximum atomic E-state index is 11.6. The highest BCUT2D eigenvalue weighted by Crippen LogP contribution is 2.25. The lowest BCUT2D eigenvalue weighted by molar-refractivity contribution is 0.0526. The number of esters is 1. The molecule has 4 heteroatoms. The van der Waals surface area contributed by atoms with Crippen molar-refractivity contribution in [2.24, 2.45) is 5.73 Å². The monoisotopic (exact) mass is 231 g/mol. The number of hydrogen-bond acceptors (Lipinski definition) is 4. The molecule has 1 aromatic carbocycles. The Morgan fingerprint density at radius 3 is 3.06 bits per heavy atom. The van der Waals surface area contributed by atoms with E-state index in [0.717, 1.165) is 5.56 Å². The quantitative estimate of drug-likeness (QED) is 0.791. The zero-order valence-electron chi connectivity index (χ0n) is 9.47. The molecular formula is C13H13NO3. The first-order valence-corrected chi connectivity index (χ1v) is 5.33. The van der Waals surface area contributed by atoms with Gasteiger partial charge in [-0.25, -0.2) is 4.79 Å². The van der Waals surface area contributed by atoms with Gasteiger partial charge in [-0.05, 0) is 31.2 Å². The van der Waals surface area contributed by atoms with Gasteiger partial charge in [0, 0.05) is 5.56 Å². The summed E-state index contributed by atoms with van der Waals surface area (Å²) in [5.74, 6) is 0.610. The normalized spacial score (nSPS) is 13.1. The molecule has 1 aromatic rings. The van der Waals surface area contributed by atoms with Crippen LogP contribution < -0.4 is 10.5 Å². The molecule has 1 aliphatic rings. The Kier molecular flexibility index (Phi) is 3.14. The van der Waals surface area contributed by atoms with Crippen molar-refractivity contribution in [1.82, 2.24) is 0 Å². The van der Waals surface area contributed by atoms with Crippen LogP contribution in [0.2, 0.25) is 0 Å². The van der Waals surface area contributed by atoms with E-state index in [0.29, 0.717) is 23.8 Å². The summed E-state index contributed by atoms with van der Waals surface area (Å²) in [5, 5.41) is 0. The topological polar surface area (TPSA) is 61.5 Å². The second-order valence-electron chi connectivity index (χ2n) is 3.50. The molecule has 0 atom stereocenters. The largest absolute Gasteiger partial charge is 0.462 e. The van der Waals surface area contributed by atoms with Crippen LogP contribution in [0, 0.1) is 0 Å². The molecular weight excluding hydrogens is 218 g/mol. The lowest BCUT2D eigenvalue weighted by atomic mass is 10.1. The van der Waals surface area contributed by atoms with Crippen molar-refractivity contribution in [2.45, 2.75) is 6.92 Å². The standard InChI is InChI=1S/C13H13NO3/c1-2-16-13(15)10-6-7-11-9(8-10)4-3-5-12(14)17-11/h3-8H,2,14H2,1H3. The van der Waals surface area contributed by atoms with E-state index in [9.17, 15) is 4.79 Å². The van der Waals surface area contributed by atoms with Gasteiger partial charge in [0.15, 0.2) is 5.88 Å². The van der Waals surface area contributed by atoms with Gasteiger partial charge in [-0.2, -0.15) is 0 Å². The molecule has 4 nitrogen and oxygen atoms in total. The number of fused-ring (bicyclic) bond motifs is 1. The van der Waals surface area contributed by atoms with Crippen molar-refractivity contribution in [2.75, 3.05) is 6.61 Å². The number of rotatable bonds is 2. The van der Waals surface area contributed by atoms with Crippen molar-refractivity contribution < 1.29 is 14.3 Å². The fraction of sp³-hybridized carbons (Fsp3) is 0.154. The number of hydrogen-bond donors (Lipinski definition) is 1. The Labute approximate surface area is 99.3 Å². The number of benzene rings is 1. The van der Waals surface area contributed by atoms with Gasteiger partial charge in [0.1, 0.15) is 5.75 Å². The van der Waals surface area contributed by atoms with Gasteiger partial charge >= 0.3 is 5.97 Å². The van der Waals surface area contributed by atoms with E-state index >= 15 is 0 Å². The minimum atomic E-state index is -0.339. The number of carbonyl (C=O) groups excluding carboxylic acids is 1. The van der Waals surface area contributed by atoms with Crippen LogP contribution in [0.1, 0.15) is 22.8 Å². The Hall–Kier alpha value is -2.23. The molecule has 88 valence electrons. The molecule has 0 spiro atoms. The molecule has 2 rings (SSSR count). The highest BCUT2D eigenvalue weighted by atomic mass is 16.5. The first-order chi connectivity index (χ1) is 8.20. The molecule has 0 bridgehead atoms. The van der Waals surface area contributed by atoms with Crippen LogP contribution in [0.25, 0.3) is 6.08 Å². The van der Waals surface area contributed by atoms with Gasteiger partial charge in [0.2, 0.25) is 0 Å². The van der Waals surface area contributed by atoms with Gasteiger partial charge in [-0.15, -0.1) is 0 Å². The summed E-state index contributed by atoms with van der Waals surface area (Å²) in [4.78, 5) is 11.6. The van der Waals surface area contributed by atoms with E-state index in [1.54, 1.807) is 37.3 Å². The van der Waals surface area contributed by atoms with Gasteiger partial charge in [-0.3, -0.25) is 0 Å². The van der Waals surface area contributed by atoms with Crippen molar-refractivity contribution >= 4 is 12.0 Å². The van der Waals surface area contributed by atoms with Crippen LogP contribution in [0.4, 0.5) is 0 Å². The molecule has 0 radical (unpaired) electrons. The van der Waals surface area contributed by atoms with Crippen LogP contribution in [0.3, 0.4) is 0 Å². The van der Waals surface area contributed by atoms with E-state index in [2.05, 4.69) is 0 Å². The van der Waals surface area contributed by atoms with Crippen molar-refractivity contribution in [3.63, 3.8) is 0 Å². The number of ether oxygens (including phenoxy) is 2. The lowest BCUT2D eigenvalue weighted by Crippen LogP contribution is -2.07. The smallest absolute Gasteiger partial charge is 0.338 e. The van der Waals surface area contributed by atoms with Gasteiger partial charge in [0.25, 0.3) is 0 Å². The molecule has 0 saturated carbocycles. The van der Waals surface area contributed by atoms with Crippen LogP contribution >= 0.6 is 0 Å². The SMILES string of the molecule is CCOC(=O)c1ccc2c(c1)C=CC=C(N)O2.